The number of Topliss-reactive ketones (excluding diaryl/α,β-unsaturated/α-hetero) is 1. The van der Waals surface area contributed by atoms with Crippen molar-refractivity contribution in [1.29, 1.82) is 0 Å². The Morgan fingerprint density at radius 2 is 2.21 bits per heavy atom. The summed E-state index contributed by atoms with van der Waals surface area (Å²) in [7, 11) is 0. The quantitative estimate of drug-likeness (QED) is 0.770. The highest BCUT2D eigenvalue weighted by molar-refractivity contribution is 9.11. The third-order valence-electron chi connectivity index (χ3n) is 1.90. The number of ketones is 1. The summed E-state index contributed by atoms with van der Waals surface area (Å²) in [6, 6.07) is 5.23. The number of alkyl halides is 2. The van der Waals surface area contributed by atoms with Gasteiger partial charge in [0, 0.05) is 4.47 Å². The van der Waals surface area contributed by atoms with E-state index in [2.05, 4.69) is 31.9 Å². The lowest BCUT2D eigenvalue weighted by Gasteiger charge is -2.12. The van der Waals surface area contributed by atoms with Crippen molar-refractivity contribution in [2.24, 2.45) is 0 Å². The molecule has 0 N–H and O–H groups in total. The maximum Gasteiger partial charge on any atom is 0.147 e. The van der Waals surface area contributed by atoms with Crippen LogP contribution < -0.4 is 0 Å². The maximum absolute atomic E-state index is 12.6. The molecule has 14 heavy (non-hydrogen) atoms. The molecule has 4 heteroatoms. The van der Waals surface area contributed by atoms with Crippen LogP contribution in [0.3, 0.4) is 0 Å². The van der Waals surface area contributed by atoms with Gasteiger partial charge in [0.2, 0.25) is 0 Å². The number of carbonyl (C=O) groups excluding carboxylic acids is 1. The molecule has 1 aromatic rings. The van der Waals surface area contributed by atoms with Crippen LogP contribution >= 0.6 is 31.9 Å². The molecule has 1 rings (SSSR count). The highest BCUT2D eigenvalue weighted by Crippen LogP contribution is 2.33. The van der Waals surface area contributed by atoms with Crippen molar-refractivity contribution in [1.82, 2.24) is 0 Å². The fourth-order valence-electron chi connectivity index (χ4n) is 1.19. The summed E-state index contributed by atoms with van der Waals surface area (Å²) in [5.41, 5.74) is 1.22. The second-order valence-electron chi connectivity index (χ2n) is 2.92. The predicted molar refractivity (Wildman–Crippen MR) is 61.3 cm³/mol. The van der Waals surface area contributed by atoms with Gasteiger partial charge in [-0.15, -0.1) is 0 Å². The van der Waals surface area contributed by atoms with Gasteiger partial charge in [0.1, 0.15) is 12.5 Å². The fourth-order valence-corrected chi connectivity index (χ4v) is 2.67. The Morgan fingerprint density at radius 3 is 2.71 bits per heavy atom. The molecule has 0 aliphatic heterocycles. The van der Waals surface area contributed by atoms with Gasteiger partial charge in [0.25, 0.3) is 0 Å². The summed E-state index contributed by atoms with van der Waals surface area (Å²) >= 11 is 6.55. The Bertz CT molecular complexity index is 352. The molecule has 0 spiro atoms. The molecule has 1 atom stereocenters. The highest BCUT2D eigenvalue weighted by atomic mass is 79.9. The summed E-state index contributed by atoms with van der Waals surface area (Å²) in [4.78, 5) is 10.7. The first-order valence-electron chi connectivity index (χ1n) is 4.05. The van der Waals surface area contributed by atoms with Crippen LogP contribution in [-0.2, 0) is 11.5 Å². The van der Waals surface area contributed by atoms with Gasteiger partial charge < -0.3 is 0 Å². The minimum atomic E-state index is -0.565. The normalized spacial score (nSPS) is 12.6. The second kappa shape index (κ2) is 5.03. The molecule has 0 radical (unpaired) electrons. The fraction of sp³-hybridized carbons (Fsp3) is 0.300. The molecule has 0 aliphatic carbocycles. The standard InChI is InChI=1S/C10H9Br2FO/c1-6(14)10(12)9-7(5-13)3-2-4-8(9)11/h2-4,10H,5H2,1H3. The SMILES string of the molecule is CC(=O)C(Br)c1c(Br)cccc1CF. The summed E-state index contributed by atoms with van der Waals surface area (Å²) in [6.07, 6.45) is 0. The van der Waals surface area contributed by atoms with E-state index in [1.807, 2.05) is 0 Å². The van der Waals surface area contributed by atoms with Gasteiger partial charge in [-0.05, 0) is 24.1 Å². The zero-order chi connectivity index (χ0) is 10.7. The van der Waals surface area contributed by atoms with Gasteiger partial charge >= 0.3 is 0 Å². The van der Waals surface area contributed by atoms with Crippen LogP contribution in [0.1, 0.15) is 22.9 Å². The van der Waals surface area contributed by atoms with Crippen LogP contribution in [0.4, 0.5) is 4.39 Å². The molecule has 1 unspecified atom stereocenters. The zero-order valence-electron chi connectivity index (χ0n) is 7.56. The largest absolute Gasteiger partial charge is 0.298 e. The molecule has 0 saturated heterocycles. The number of halogens is 3. The van der Waals surface area contributed by atoms with Crippen molar-refractivity contribution < 1.29 is 9.18 Å². The average Bonchev–Trinajstić information content (AvgIpc) is 2.16. The van der Waals surface area contributed by atoms with E-state index in [-0.39, 0.29) is 5.78 Å². The van der Waals surface area contributed by atoms with Crippen molar-refractivity contribution in [2.75, 3.05) is 0 Å². The van der Waals surface area contributed by atoms with Crippen LogP contribution in [0.5, 0.6) is 0 Å². The van der Waals surface area contributed by atoms with E-state index in [4.69, 9.17) is 0 Å². The molecule has 1 nitrogen and oxygen atoms in total. The monoisotopic (exact) mass is 322 g/mol. The molecule has 0 amide bonds. The maximum atomic E-state index is 12.6. The Balaban J connectivity index is 3.23. The van der Waals surface area contributed by atoms with Crippen LogP contribution in [0.25, 0.3) is 0 Å². The van der Waals surface area contributed by atoms with Crippen LogP contribution in [0.2, 0.25) is 0 Å². The molecule has 0 bridgehead atoms. The van der Waals surface area contributed by atoms with E-state index in [9.17, 15) is 9.18 Å². The van der Waals surface area contributed by atoms with Crippen LogP contribution in [-0.4, -0.2) is 5.78 Å². The molecule has 0 aliphatic rings. The number of hydrogen-bond donors (Lipinski definition) is 0. The van der Waals surface area contributed by atoms with Crippen molar-refractivity contribution in [2.45, 2.75) is 18.4 Å². The lowest BCUT2D eigenvalue weighted by atomic mass is 10.0. The number of benzene rings is 1. The van der Waals surface area contributed by atoms with E-state index in [0.29, 0.717) is 11.1 Å². The van der Waals surface area contributed by atoms with Gasteiger partial charge in [-0.3, -0.25) is 4.79 Å². The second-order valence-corrected chi connectivity index (χ2v) is 4.69. The molecule has 0 saturated carbocycles. The summed E-state index contributed by atoms with van der Waals surface area (Å²) in [6.45, 7) is 0.908. The van der Waals surface area contributed by atoms with E-state index in [0.717, 1.165) is 4.47 Å². The van der Waals surface area contributed by atoms with Crippen molar-refractivity contribution in [3.8, 4) is 0 Å². The number of hydrogen-bond acceptors (Lipinski definition) is 1. The van der Waals surface area contributed by atoms with E-state index < -0.39 is 11.5 Å². The molecule has 0 aromatic heterocycles. The number of rotatable bonds is 3. The van der Waals surface area contributed by atoms with Gasteiger partial charge in [0.05, 0.1) is 4.83 Å². The van der Waals surface area contributed by atoms with E-state index >= 15 is 0 Å². The Labute approximate surface area is 99.0 Å². The summed E-state index contributed by atoms with van der Waals surface area (Å²) in [5.74, 6) is -0.0356. The smallest absolute Gasteiger partial charge is 0.147 e. The minimum absolute atomic E-state index is 0.0356. The Morgan fingerprint density at radius 1 is 1.57 bits per heavy atom. The van der Waals surface area contributed by atoms with Crippen LogP contribution in [0, 0.1) is 0 Å². The topological polar surface area (TPSA) is 17.1 Å². The molecule has 0 heterocycles. The molecular weight excluding hydrogens is 315 g/mol. The summed E-state index contributed by atoms with van der Waals surface area (Å²) in [5, 5.41) is 0. The Kier molecular flexibility index (Phi) is 4.26. The highest BCUT2D eigenvalue weighted by Gasteiger charge is 2.19. The lowest BCUT2D eigenvalue weighted by molar-refractivity contribution is -0.116. The molecular formula is C10H9Br2FO. The molecule has 0 fully saturated rings. The first kappa shape index (κ1) is 11.9. The third-order valence-corrected chi connectivity index (χ3v) is 3.69. The lowest BCUT2D eigenvalue weighted by Crippen LogP contribution is -2.05. The van der Waals surface area contributed by atoms with Gasteiger partial charge in [-0.2, -0.15) is 0 Å². The minimum Gasteiger partial charge on any atom is -0.298 e. The van der Waals surface area contributed by atoms with Crippen molar-refractivity contribution in [3.05, 3.63) is 33.8 Å². The van der Waals surface area contributed by atoms with E-state index in [1.165, 1.54) is 6.92 Å². The number of carbonyl (C=O) groups is 1. The van der Waals surface area contributed by atoms with Gasteiger partial charge in [-0.25, -0.2) is 4.39 Å². The Hall–Kier alpha value is -0.220. The van der Waals surface area contributed by atoms with E-state index in [1.54, 1.807) is 18.2 Å². The predicted octanol–water partition coefficient (Wildman–Crippen LogP) is 3.94. The average molecular weight is 324 g/mol. The van der Waals surface area contributed by atoms with Crippen molar-refractivity contribution in [3.63, 3.8) is 0 Å². The molecule has 1 aromatic carbocycles. The zero-order valence-corrected chi connectivity index (χ0v) is 10.7. The first-order valence-corrected chi connectivity index (χ1v) is 5.76. The van der Waals surface area contributed by atoms with Gasteiger partial charge in [0.15, 0.2) is 0 Å². The first-order chi connectivity index (χ1) is 6.57. The molecule has 76 valence electrons. The third kappa shape index (κ3) is 2.42. The van der Waals surface area contributed by atoms with Gasteiger partial charge in [-0.1, -0.05) is 44.0 Å². The van der Waals surface area contributed by atoms with Crippen LogP contribution in [0.15, 0.2) is 22.7 Å². The summed E-state index contributed by atoms with van der Waals surface area (Å²) < 4.78 is 13.4. The van der Waals surface area contributed by atoms with Crippen molar-refractivity contribution >= 4 is 37.6 Å².